The van der Waals surface area contributed by atoms with Crippen molar-refractivity contribution < 1.29 is 39.6 Å². The van der Waals surface area contributed by atoms with Gasteiger partial charge in [0, 0.05) is 13.0 Å². The second-order valence-corrected chi connectivity index (χ2v) is 6.68. The third-order valence-electron chi connectivity index (χ3n) is 3.18. The van der Waals surface area contributed by atoms with Gasteiger partial charge in [-0.05, 0) is 24.6 Å². The van der Waals surface area contributed by atoms with Crippen LogP contribution < -0.4 is 0 Å². The highest BCUT2D eigenvalue weighted by molar-refractivity contribution is 7.89. The maximum Gasteiger partial charge on any atom is 0.416 e. The molecule has 128 valence electrons. The van der Waals surface area contributed by atoms with Crippen molar-refractivity contribution in [3.63, 3.8) is 0 Å². The molecule has 0 unspecified atom stereocenters. The summed E-state index contributed by atoms with van der Waals surface area (Å²) in [6.07, 6.45) is -10.3. The largest absolute Gasteiger partial charge is 0.416 e. The predicted molar refractivity (Wildman–Crippen MR) is 64.6 cm³/mol. The van der Waals surface area contributed by atoms with Crippen LogP contribution >= 0.6 is 0 Å². The van der Waals surface area contributed by atoms with Gasteiger partial charge in [-0.15, -0.1) is 0 Å². The van der Waals surface area contributed by atoms with Crippen LogP contribution in [-0.4, -0.2) is 25.2 Å². The van der Waals surface area contributed by atoms with E-state index in [1.807, 2.05) is 0 Å². The lowest BCUT2D eigenvalue weighted by Gasteiger charge is -2.19. The number of amides is 1. The lowest BCUT2D eigenvalue weighted by Crippen LogP contribution is -2.32. The third kappa shape index (κ3) is 3.43. The Morgan fingerprint density at radius 2 is 1.39 bits per heavy atom. The fourth-order valence-corrected chi connectivity index (χ4v) is 3.62. The van der Waals surface area contributed by atoms with Gasteiger partial charge in [-0.2, -0.15) is 26.3 Å². The first-order valence-electron chi connectivity index (χ1n) is 6.18. The van der Waals surface area contributed by atoms with E-state index in [2.05, 4.69) is 0 Å². The zero-order valence-corrected chi connectivity index (χ0v) is 12.0. The van der Waals surface area contributed by atoms with Crippen LogP contribution in [0.3, 0.4) is 0 Å². The number of carbonyl (C=O) groups excluding carboxylic acids is 1. The molecule has 1 aliphatic rings. The Kier molecular flexibility index (Phi) is 4.12. The number of alkyl halides is 6. The number of hydrogen-bond donors (Lipinski definition) is 0. The molecule has 1 amide bonds. The van der Waals surface area contributed by atoms with E-state index in [0.29, 0.717) is 4.31 Å². The van der Waals surface area contributed by atoms with E-state index in [1.54, 1.807) is 0 Å². The minimum absolute atomic E-state index is 0.0934. The Bertz CT molecular complexity index is 706. The van der Waals surface area contributed by atoms with Crippen LogP contribution in [0.2, 0.25) is 0 Å². The molecule has 0 N–H and O–H groups in total. The summed E-state index contributed by atoms with van der Waals surface area (Å²) < 4.78 is 101. The Hall–Kier alpha value is -1.78. The van der Waals surface area contributed by atoms with Crippen LogP contribution in [-0.2, 0) is 27.2 Å². The fourth-order valence-electron chi connectivity index (χ4n) is 2.08. The van der Waals surface area contributed by atoms with E-state index < -0.39 is 44.3 Å². The molecule has 1 aromatic rings. The van der Waals surface area contributed by atoms with Crippen molar-refractivity contribution in [1.82, 2.24) is 4.31 Å². The van der Waals surface area contributed by atoms with Gasteiger partial charge in [0.2, 0.25) is 5.91 Å². The van der Waals surface area contributed by atoms with Gasteiger partial charge in [-0.25, -0.2) is 12.7 Å². The van der Waals surface area contributed by atoms with Crippen molar-refractivity contribution in [2.45, 2.75) is 30.1 Å². The Labute approximate surface area is 126 Å². The molecular weight excluding hydrogens is 352 g/mol. The molecule has 0 aliphatic carbocycles. The SMILES string of the molecule is O=C1CCCN1S(=O)(=O)c1cc(C(F)(F)F)cc(C(F)(F)F)c1. The summed E-state index contributed by atoms with van der Waals surface area (Å²) in [5.41, 5.74) is -3.50. The highest BCUT2D eigenvalue weighted by Gasteiger charge is 2.40. The molecule has 0 radical (unpaired) electrons. The maximum absolute atomic E-state index is 12.7. The smallest absolute Gasteiger partial charge is 0.274 e. The first kappa shape index (κ1) is 17.6. The van der Waals surface area contributed by atoms with E-state index in [4.69, 9.17) is 0 Å². The van der Waals surface area contributed by atoms with E-state index >= 15 is 0 Å². The number of hydrogen-bond acceptors (Lipinski definition) is 3. The van der Waals surface area contributed by atoms with Crippen LogP contribution in [0.25, 0.3) is 0 Å². The predicted octanol–water partition coefficient (Wildman–Crippen LogP) is 3.04. The van der Waals surface area contributed by atoms with Gasteiger partial charge >= 0.3 is 12.4 Å². The molecule has 0 bridgehead atoms. The lowest BCUT2D eigenvalue weighted by atomic mass is 10.1. The quantitative estimate of drug-likeness (QED) is 0.761. The molecular formula is C12H9F6NO3S. The molecule has 0 spiro atoms. The summed E-state index contributed by atoms with van der Waals surface area (Å²) in [6.45, 7) is -0.279. The van der Waals surface area contributed by atoms with E-state index in [-0.39, 0.29) is 37.6 Å². The number of sulfonamides is 1. The molecule has 0 aromatic heterocycles. The molecule has 1 saturated heterocycles. The van der Waals surface area contributed by atoms with Gasteiger partial charge in [0.25, 0.3) is 10.0 Å². The van der Waals surface area contributed by atoms with Crippen LogP contribution in [0.1, 0.15) is 24.0 Å². The molecule has 4 nitrogen and oxygen atoms in total. The van der Waals surface area contributed by atoms with Gasteiger partial charge in [-0.3, -0.25) is 4.79 Å². The van der Waals surface area contributed by atoms with Gasteiger partial charge < -0.3 is 0 Å². The van der Waals surface area contributed by atoms with E-state index in [1.165, 1.54) is 0 Å². The zero-order valence-electron chi connectivity index (χ0n) is 11.2. The van der Waals surface area contributed by atoms with Crippen LogP contribution in [0, 0.1) is 0 Å². The van der Waals surface area contributed by atoms with Crippen molar-refractivity contribution in [2.75, 3.05) is 6.54 Å². The van der Waals surface area contributed by atoms with E-state index in [9.17, 15) is 39.6 Å². The molecule has 0 saturated carbocycles. The summed E-state index contributed by atoms with van der Waals surface area (Å²) in [5, 5.41) is 0. The minimum Gasteiger partial charge on any atom is -0.274 e. The van der Waals surface area contributed by atoms with Gasteiger partial charge in [0.05, 0.1) is 16.0 Å². The van der Waals surface area contributed by atoms with Crippen LogP contribution in [0.5, 0.6) is 0 Å². The molecule has 1 aromatic carbocycles. The average Bonchev–Trinajstić information content (AvgIpc) is 2.83. The third-order valence-corrected chi connectivity index (χ3v) is 4.98. The Balaban J connectivity index is 2.64. The topological polar surface area (TPSA) is 54.5 Å². The summed E-state index contributed by atoms with van der Waals surface area (Å²) >= 11 is 0. The molecule has 2 rings (SSSR count). The Morgan fingerprint density at radius 1 is 0.913 bits per heavy atom. The van der Waals surface area contributed by atoms with Crippen molar-refractivity contribution in [1.29, 1.82) is 0 Å². The molecule has 0 atom stereocenters. The second kappa shape index (κ2) is 5.39. The second-order valence-electron chi connectivity index (χ2n) is 4.82. The summed E-state index contributed by atoms with van der Waals surface area (Å²) in [5.74, 6) is -0.865. The van der Waals surface area contributed by atoms with Gasteiger partial charge in [-0.1, -0.05) is 0 Å². The number of carbonyl (C=O) groups is 1. The van der Waals surface area contributed by atoms with Crippen molar-refractivity contribution in [3.05, 3.63) is 29.3 Å². The van der Waals surface area contributed by atoms with Crippen molar-refractivity contribution >= 4 is 15.9 Å². The van der Waals surface area contributed by atoms with Crippen molar-refractivity contribution in [2.24, 2.45) is 0 Å². The van der Waals surface area contributed by atoms with Gasteiger partial charge in [0.15, 0.2) is 0 Å². The first-order chi connectivity index (χ1) is 10.3. The van der Waals surface area contributed by atoms with Crippen LogP contribution in [0.4, 0.5) is 26.3 Å². The van der Waals surface area contributed by atoms with E-state index in [0.717, 1.165) is 0 Å². The molecule has 11 heteroatoms. The molecule has 1 heterocycles. The number of halogens is 6. The monoisotopic (exact) mass is 361 g/mol. The number of benzene rings is 1. The normalized spacial score (nSPS) is 17.0. The molecule has 1 fully saturated rings. The zero-order chi connectivity index (χ0) is 17.6. The molecule has 23 heavy (non-hydrogen) atoms. The minimum atomic E-state index is -5.17. The van der Waals surface area contributed by atoms with Crippen molar-refractivity contribution in [3.8, 4) is 0 Å². The lowest BCUT2D eigenvalue weighted by molar-refractivity contribution is -0.143. The summed E-state index contributed by atoms with van der Waals surface area (Å²) in [7, 11) is -4.77. The standard InChI is InChI=1S/C12H9F6NO3S/c13-11(14,15)7-4-8(12(16,17)18)6-9(5-7)23(21,22)19-3-1-2-10(19)20/h4-6H,1-3H2. The fraction of sp³-hybridized carbons (Fsp3) is 0.417. The highest BCUT2D eigenvalue weighted by atomic mass is 32.2. The first-order valence-corrected chi connectivity index (χ1v) is 7.62. The van der Waals surface area contributed by atoms with Crippen LogP contribution in [0.15, 0.2) is 23.1 Å². The molecule has 1 aliphatic heterocycles. The maximum atomic E-state index is 12.7. The number of rotatable bonds is 2. The Morgan fingerprint density at radius 3 is 1.74 bits per heavy atom. The number of nitrogens with zero attached hydrogens (tertiary/aromatic N) is 1. The average molecular weight is 361 g/mol. The van der Waals surface area contributed by atoms with Gasteiger partial charge in [0.1, 0.15) is 0 Å². The summed E-state index contributed by atoms with van der Waals surface area (Å²) in [6, 6.07) is 0.0111. The summed E-state index contributed by atoms with van der Waals surface area (Å²) in [4.78, 5) is 10.2. The highest BCUT2D eigenvalue weighted by Crippen LogP contribution is 2.38.